The van der Waals surface area contributed by atoms with Crippen LogP contribution in [0.3, 0.4) is 0 Å². The van der Waals surface area contributed by atoms with Gasteiger partial charge in [-0.2, -0.15) is 9.49 Å². The summed E-state index contributed by atoms with van der Waals surface area (Å²) in [6.45, 7) is 11.9. The maximum Gasteiger partial charge on any atom is 0.177 e. The number of nitrogens with zero attached hydrogens (tertiary/aromatic N) is 3. The molecule has 3 N–H and O–H groups in total. The first kappa shape index (κ1) is 25.3. The van der Waals surface area contributed by atoms with E-state index in [2.05, 4.69) is 45.6 Å². The Labute approximate surface area is 222 Å². The predicted molar refractivity (Wildman–Crippen MR) is 151 cm³/mol. The molecule has 0 saturated carbocycles. The molecule has 0 aliphatic heterocycles. The van der Waals surface area contributed by atoms with Crippen LogP contribution in [-0.4, -0.2) is 25.1 Å². The van der Waals surface area contributed by atoms with Gasteiger partial charge < -0.3 is 10.3 Å². The monoisotopic (exact) mass is 528 g/mol. The number of allylic oxidation sites excluding steroid dienone is 5. The van der Waals surface area contributed by atoms with Gasteiger partial charge in [-0.15, -0.1) is 11.3 Å². The van der Waals surface area contributed by atoms with Crippen LogP contribution in [-0.2, 0) is 0 Å². The van der Waals surface area contributed by atoms with Crippen LogP contribution in [0.2, 0.25) is 0 Å². The summed E-state index contributed by atoms with van der Waals surface area (Å²) in [5.41, 5.74) is 5.37. The molecule has 9 heteroatoms. The summed E-state index contributed by atoms with van der Waals surface area (Å²) >= 11 is 0.994. The molecule has 0 spiro atoms. The highest BCUT2D eigenvalue weighted by Gasteiger charge is 2.21. The number of nitrogens with one attached hydrogen (secondary N) is 3. The van der Waals surface area contributed by atoms with E-state index < -0.39 is 5.82 Å². The molecule has 192 valence electrons. The molecule has 0 fully saturated rings. The maximum absolute atomic E-state index is 16.1. The van der Waals surface area contributed by atoms with Crippen LogP contribution >= 0.6 is 11.3 Å². The number of hydrogen-bond acceptors (Lipinski definition) is 5. The van der Waals surface area contributed by atoms with E-state index in [0.717, 1.165) is 35.6 Å². The first-order valence-electron chi connectivity index (χ1n) is 12.2. The van der Waals surface area contributed by atoms with Crippen LogP contribution in [0.15, 0.2) is 79.3 Å². The third kappa shape index (κ3) is 4.68. The van der Waals surface area contributed by atoms with Crippen molar-refractivity contribution in [3.63, 3.8) is 0 Å². The molecule has 5 rings (SSSR count). The second kappa shape index (κ2) is 10.5. The molecule has 4 heterocycles. The lowest BCUT2D eigenvalue weighted by molar-refractivity contribution is 0.636. The van der Waals surface area contributed by atoms with Crippen LogP contribution in [0.4, 0.5) is 8.78 Å². The summed E-state index contributed by atoms with van der Waals surface area (Å²) in [7, 11) is 0. The molecule has 0 amide bonds. The topological polar surface area (TPSA) is 82.3 Å². The van der Waals surface area contributed by atoms with Gasteiger partial charge in [-0.25, -0.2) is 9.37 Å². The fourth-order valence-electron chi connectivity index (χ4n) is 4.34. The van der Waals surface area contributed by atoms with Crippen molar-refractivity contribution in [2.45, 2.75) is 26.7 Å². The number of rotatable bonds is 9. The predicted octanol–water partition coefficient (Wildman–Crippen LogP) is 7.88. The quantitative estimate of drug-likeness (QED) is 0.170. The summed E-state index contributed by atoms with van der Waals surface area (Å²) in [6.07, 6.45) is 8.79. The average Bonchev–Trinajstić information content (AvgIpc) is 3.65. The van der Waals surface area contributed by atoms with Crippen LogP contribution in [0, 0.1) is 10.9 Å². The van der Waals surface area contributed by atoms with E-state index in [4.69, 9.17) is 4.98 Å². The minimum atomic E-state index is -0.425. The first-order valence-corrected chi connectivity index (χ1v) is 13.0. The molecule has 1 aromatic carbocycles. The fraction of sp³-hybridized carbons (Fsp3) is 0.138. The lowest BCUT2D eigenvalue weighted by atomic mass is 10.0. The Morgan fingerprint density at radius 3 is 2.68 bits per heavy atom. The van der Waals surface area contributed by atoms with E-state index in [1.165, 1.54) is 6.07 Å². The van der Waals surface area contributed by atoms with Gasteiger partial charge in [-0.1, -0.05) is 32.6 Å². The molecule has 0 saturated heterocycles. The van der Waals surface area contributed by atoms with Crippen LogP contribution in [0.5, 0.6) is 0 Å². The van der Waals surface area contributed by atoms with Gasteiger partial charge in [0.25, 0.3) is 0 Å². The van der Waals surface area contributed by atoms with Crippen molar-refractivity contribution in [2.24, 2.45) is 0 Å². The Bertz CT molecular complexity index is 1740. The molecular formula is C29H26F2N6S. The van der Waals surface area contributed by atoms with Crippen LogP contribution < -0.4 is 5.32 Å². The molecule has 0 bridgehead atoms. The maximum atomic E-state index is 16.1. The van der Waals surface area contributed by atoms with Crippen molar-refractivity contribution in [2.75, 3.05) is 0 Å². The van der Waals surface area contributed by atoms with E-state index in [1.807, 2.05) is 19.1 Å². The molecule has 0 atom stereocenters. The lowest BCUT2D eigenvalue weighted by Crippen LogP contribution is -2.10. The molecular weight excluding hydrogens is 502 g/mol. The van der Waals surface area contributed by atoms with E-state index in [-0.39, 0.29) is 5.13 Å². The van der Waals surface area contributed by atoms with Gasteiger partial charge in [-0.3, -0.25) is 10.1 Å². The van der Waals surface area contributed by atoms with E-state index in [0.29, 0.717) is 55.2 Å². The smallest absolute Gasteiger partial charge is 0.177 e. The van der Waals surface area contributed by atoms with Gasteiger partial charge in [0.1, 0.15) is 22.7 Å². The number of imidazole rings is 1. The van der Waals surface area contributed by atoms with Gasteiger partial charge in [0.2, 0.25) is 0 Å². The van der Waals surface area contributed by atoms with Crippen molar-refractivity contribution in [1.82, 2.24) is 30.5 Å². The molecule has 0 aliphatic rings. The van der Waals surface area contributed by atoms with Crippen molar-refractivity contribution in [3.8, 4) is 22.1 Å². The van der Waals surface area contributed by atoms with E-state index in [9.17, 15) is 4.39 Å². The van der Waals surface area contributed by atoms with Gasteiger partial charge in [0.15, 0.2) is 11.0 Å². The average molecular weight is 529 g/mol. The summed E-state index contributed by atoms with van der Waals surface area (Å²) < 4.78 is 29.8. The number of aromatic amines is 2. The number of H-pyrrole nitrogens is 2. The molecule has 4 aromatic heterocycles. The SMILES string of the molecule is C=C/C(=C\C(=C/C)c1ccc2[nH]nc(-c3nc4c(-c5ccc(F)s5)nccc4[nH]3)c2c1F)NC(=C)CCC. The zero-order chi connectivity index (χ0) is 26.8. The zero-order valence-electron chi connectivity index (χ0n) is 21.0. The van der Waals surface area contributed by atoms with Crippen molar-refractivity contribution < 1.29 is 8.78 Å². The van der Waals surface area contributed by atoms with Crippen LogP contribution in [0.25, 0.3) is 49.6 Å². The second-order valence-corrected chi connectivity index (χ2v) is 9.73. The largest absolute Gasteiger partial charge is 0.359 e. The summed E-state index contributed by atoms with van der Waals surface area (Å²) in [6, 6.07) is 8.35. The Kier molecular flexibility index (Phi) is 7.02. The number of hydrogen-bond donors (Lipinski definition) is 3. The number of halogens is 2. The summed E-state index contributed by atoms with van der Waals surface area (Å²) in [5.74, 6) is -0.0408. The normalized spacial score (nSPS) is 12.4. The number of benzene rings is 1. The second-order valence-electron chi connectivity index (χ2n) is 8.69. The Morgan fingerprint density at radius 1 is 1.13 bits per heavy atom. The highest BCUT2D eigenvalue weighted by Crippen LogP contribution is 2.35. The zero-order valence-corrected chi connectivity index (χ0v) is 21.8. The minimum absolute atomic E-state index is 0.305. The van der Waals surface area contributed by atoms with Crippen LogP contribution in [0.1, 0.15) is 32.3 Å². The highest BCUT2D eigenvalue weighted by atomic mass is 32.1. The van der Waals surface area contributed by atoms with Crippen molar-refractivity contribution >= 4 is 38.8 Å². The standard InChI is InChI=1S/C29H26F2N6S/c1-5-8-16(4)33-18(7-3)15-17(6-2)19-9-10-20-24(25(19)31)28(37-36-20)29-34-21-13-14-32-27(26(21)35-29)22-11-12-23(30)38-22/h6-7,9-15,33H,3-5,8H2,1-2H3,(H,34,35)(H,36,37)/b17-6+,18-15+. The van der Waals surface area contributed by atoms with E-state index >= 15 is 4.39 Å². The summed E-state index contributed by atoms with van der Waals surface area (Å²) in [5, 5.41) is 10.5. The van der Waals surface area contributed by atoms with Crippen molar-refractivity contribution in [3.05, 3.63) is 95.8 Å². The highest BCUT2D eigenvalue weighted by molar-refractivity contribution is 7.13. The van der Waals surface area contributed by atoms with Gasteiger partial charge in [0, 0.05) is 23.2 Å². The minimum Gasteiger partial charge on any atom is -0.359 e. The first-order chi connectivity index (χ1) is 18.4. The number of fused-ring (bicyclic) bond motifs is 2. The van der Waals surface area contributed by atoms with Gasteiger partial charge in [-0.05, 0) is 61.4 Å². The molecule has 38 heavy (non-hydrogen) atoms. The molecule has 5 aromatic rings. The molecule has 6 nitrogen and oxygen atoms in total. The van der Waals surface area contributed by atoms with E-state index in [1.54, 1.807) is 36.5 Å². The number of aromatic nitrogens is 5. The third-order valence-corrected chi connectivity index (χ3v) is 7.01. The summed E-state index contributed by atoms with van der Waals surface area (Å²) in [4.78, 5) is 13.0. The Morgan fingerprint density at radius 2 is 1.97 bits per heavy atom. The molecule has 0 aliphatic carbocycles. The fourth-order valence-corrected chi connectivity index (χ4v) is 5.06. The molecule has 0 unspecified atom stereocenters. The Balaban J connectivity index is 1.59. The Hall–Kier alpha value is -4.37. The van der Waals surface area contributed by atoms with Crippen molar-refractivity contribution in [1.29, 1.82) is 0 Å². The van der Waals surface area contributed by atoms with Gasteiger partial charge in [0.05, 0.1) is 21.3 Å². The number of pyridine rings is 1. The third-order valence-electron chi connectivity index (χ3n) is 6.12. The van der Waals surface area contributed by atoms with Gasteiger partial charge >= 0.3 is 0 Å². The number of thiophene rings is 1. The molecule has 0 radical (unpaired) electrons. The lowest BCUT2D eigenvalue weighted by Gasteiger charge is -2.12.